The van der Waals surface area contributed by atoms with E-state index in [1.165, 1.54) is 0 Å². The lowest BCUT2D eigenvalue weighted by Crippen LogP contribution is -2.36. The zero-order valence-corrected chi connectivity index (χ0v) is 13.1. The number of hydrogen-bond donors (Lipinski definition) is 1. The summed E-state index contributed by atoms with van der Waals surface area (Å²) in [5, 5.41) is 1.05. The third kappa shape index (κ3) is 3.46. The SMILES string of the molecule is CN(Cc1ccc(Cl)c(Cl)c1)C(=O)[C@@H]1CCC[C@@H]1CN. The summed E-state index contributed by atoms with van der Waals surface area (Å²) >= 11 is 11.9. The number of carbonyl (C=O) groups is 1. The lowest BCUT2D eigenvalue weighted by atomic mass is 9.95. The van der Waals surface area contributed by atoms with Crippen LogP contribution in [-0.4, -0.2) is 24.4 Å². The molecule has 1 saturated carbocycles. The summed E-state index contributed by atoms with van der Waals surface area (Å²) in [6.07, 6.45) is 3.11. The van der Waals surface area contributed by atoms with Crippen molar-refractivity contribution in [3.8, 4) is 0 Å². The number of halogens is 2. The summed E-state index contributed by atoms with van der Waals surface area (Å²) < 4.78 is 0. The summed E-state index contributed by atoms with van der Waals surface area (Å²) in [6, 6.07) is 5.46. The summed E-state index contributed by atoms with van der Waals surface area (Å²) in [5.74, 6) is 0.593. The second-order valence-corrected chi connectivity index (χ2v) is 6.29. The molecule has 0 unspecified atom stereocenters. The van der Waals surface area contributed by atoms with Crippen molar-refractivity contribution < 1.29 is 4.79 Å². The van der Waals surface area contributed by atoms with Crippen LogP contribution in [0.5, 0.6) is 0 Å². The first-order chi connectivity index (χ1) is 9.52. The molecule has 0 spiro atoms. The monoisotopic (exact) mass is 314 g/mol. The van der Waals surface area contributed by atoms with Gasteiger partial charge in [-0.3, -0.25) is 4.79 Å². The van der Waals surface area contributed by atoms with Gasteiger partial charge in [0.05, 0.1) is 10.0 Å². The van der Waals surface area contributed by atoms with E-state index in [1.54, 1.807) is 11.0 Å². The van der Waals surface area contributed by atoms with Gasteiger partial charge in [0.15, 0.2) is 0 Å². The second-order valence-electron chi connectivity index (χ2n) is 5.48. The van der Waals surface area contributed by atoms with Gasteiger partial charge in [-0.2, -0.15) is 0 Å². The van der Waals surface area contributed by atoms with E-state index < -0.39 is 0 Å². The molecule has 0 aliphatic heterocycles. The van der Waals surface area contributed by atoms with E-state index in [9.17, 15) is 4.79 Å². The predicted octanol–water partition coefficient (Wildman–Crippen LogP) is 3.33. The Morgan fingerprint density at radius 2 is 2.10 bits per heavy atom. The van der Waals surface area contributed by atoms with Crippen molar-refractivity contribution in [3.63, 3.8) is 0 Å². The molecule has 110 valence electrons. The Balaban J connectivity index is 2.02. The van der Waals surface area contributed by atoms with E-state index in [0.717, 1.165) is 24.8 Å². The fourth-order valence-corrected chi connectivity index (χ4v) is 3.24. The Bertz CT molecular complexity index is 493. The summed E-state index contributed by atoms with van der Waals surface area (Å²) in [7, 11) is 1.83. The normalized spacial score (nSPS) is 22.0. The summed E-state index contributed by atoms with van der Waals surface area (Å²) in [6.45, 7) is 1.14. The van der Waals surface area contributed by atoms with Crippen molar-refractivity contribution >= 4 is 29.1 Å². The first kappa shape index (κ1) is 15.6. The third-order valence-corrected chi connectivity index (χ3v) is 4.80. The maximum absolute atomic E-state index is 12.5. The average Bonchev–Trinajstić information content (AvgIpc) is 2.90. The average molecular weight is 315 g/mol. The van der Waals surface area contributed by atoms with Gasteiger partial charge in [-0.15, -0.1) is 0 Å². The van der Waals surface area contributed by atoms with Crippen molar-refractivity contribution in [1.82, 2.24) is 4.90 Å². The van der Waals surface area contributed by atoms with Crippen LogP contribution in [0.3, 0.4) is 0 Å². The van der Waals surface area contributed by atoms with Gasteiger partial charge in [0, 0.05) is 19.5 Å². The van der Waals surface area contributed by atoms with Gasteiger partial charge < -0.3 is 10.6 Å². The smallest absolute Gasteiger partial charge is 0.226 e. The zero-order chi connectivity index (χ0) is 14.7. The van der Waals surface area contributed by atoms with Gasteiger partial charge in [-0.25, -0.2) is 0 Å². The molecule has 5 heteroatoms. The molecule has 2 atom stereocenters. The second kappa shape index (κ2) is 6.79. The molecule has 0 bridgehead atoms. The first-order valence-corrected chi connectivity index (χ1v) is 7.67. The van der Waals surface area contributed by atoms with Gasteiger partial charge in [-0.1, -0.05) is 35.7 Å². The molecule has 1 aliphatic rings. The molecule has 3 nitrogen and oxygen atoms in total. The van der Waals surface area contributed by atoms with Gasteiger partial charge >= 0.3 is 0 Å². The fourth-order valence-electron chi connectivity index (χ4n) is 2.92. The van der Waals surface area contributed by atoms with Gasteiger partial charge in [-0.05, 0) is 43.0 Å². The Morgan fingerprint density at radius 1 is 1.35 bits per heavy atom. The summed E-state index contributed by atoms with van der Waals surface area (Å²) in [4.78, 5) is 14.2. The first-order valence-electron chi connectivity index (χ1n) is 6.92. The molecule has 1 fully saturated rings. The minimum absolute atomic E-state index is 0.0766. The molecule has 1 aliphatic carbocycles. The number of rotatable bonds is 4. The number of hydrogen-bond acceptors (Lipinski definition) is 2. The molecular formula is C15H20Cl2N2O. The maximum Gasteiger partial charge on any atom is 0.226 e. The van der Waals surface area contributed by atoms with Crippen molar-refractivity contribution in [3.05, 3.63) is 33.8 Å². The highest BCUT2D eigenvalue weighted by atomic mass is 35.5. The van der Waals surface area contributed by atoms with Gasteiger partial charge in [0.1, 0.15) is 0 Å². The highest BCUT2D eigenvalue weighted by Crippen LogP contribution is 2.32. The predicted molar refractivity (Wildman–Crippen MR) is 82.8 cm³/mol. The Morgan fingerprint density at radius 3 is 2.75 bits per heavy atom. The van der Waals surface area contributed by atoms with Crippen LogP contribution in [0.2, 0.25) is 10.0 Å². The zero-order valence-electron chi connectivity index (χ0n) is 11.6. The number of benzene rings is 1. The topological polar surface area (TPSA) is 46.3 Å². The van der Waals surface area contributed by atoms with Crippen LogP contribution < -0.4 is 5.73 Å². The van der Waals surface area contributed by atoms with Crippen LogP contribution in [0.25, 0.3) is 0 Å². The molecule has 1 aromatic carbocycles. The van der Waals surface area contributed by atoms with E-state index in [-0.39, 0.29) is 11.8 Å². The molecule has 1 amide bonds. The van der Waals surface area contributed by atoms with E-state index in [4.69, 9.17) is 28.9 Å². The van der Waals surface area contributed by atoms with Crippen molar-refractivity contribution in [2.24, 2.45) is 17.6 Å². The van der Waals surface area contributed by atoms with Crippen LogP contribution in [0.1, 0.15) is 24.8 Å². The Hall–Kier alpha value is -0.770. The minimum atomic E-state index is 0.0766. The van der Waals surface area contributed by atoms with E-state index in [1.807, 2.05) is 19.2 Å². The maximum atomic E-state index is 12.5. The molecular weight excluding hydrogens is 295 g/mol. The van der Waals surface area contributed by atoms with Crippen LogP contribution in [0.4, 0.5) is 0 Å². The van der Waals surface area contributed by atoms with E-state index >= 15 is 0 Å². The minimum Gasteiger partial charge on any atom is -0.341 e. The highest BCUT2D eigenvalue weighted by molar-refractivity contribution is 6.42. The van der Waals surface area contributed by atoms with Crippen molar-refractivity contribution in [2.75, 3.05) is 13.6 Å². The molecule has 0 heterocycles. The van der Waals surface area contributed by atoms with Crippen molar-refractivity contribution in [1.29, 1.82) is 0 Å². The lowest BCUT2D eigenvalue weighted by molar-refractivity contribution is -0.135. The number of nitrogens with two attached hydrogens (primary N) is 1. The fraction of sp³-hybridized carbons (Fsp3) is 0.533. The largest absolute Gasteiger partial charge is 0.341 e. The molecule has 0 saturated heterocycles. The number of carbonyl (C=O) groups excluding carboxylic acids is 1. The third-order valence-electron chi connectivity index (χ3n) is 4.06. The lowest BCUT2D eigenvalue weighted by Gasteiger charge is -2.24. The number of amides is 1. The standard InChI is InChI=1S/C15H20Cl2N2O/c1-19(9-10-5-6-13(16)14(17)7-10)15(20)12-4-2-3-11(12)8-18/h5-7,11-12H,2-4,8-9,18H2,1H3/t11-,12-/m1/s1. The van der Waals surface area contributed by atoms with Gasteiger partial charge in [0.2, 0.25) is 5.91 Å². The number of nitrogens with zero attached hydrogens (tertiary/aromatic N) is 1. The Labute approximate surface area is 130 Å². The van der Waals surface area contributed by atoms with Gasteiger partial charge in [0.25, 0.3) is 0 Å². The van der Waals surface area contributed by atoms with Crippen LogP contribution >= 0.6 is 23.2 Å². The van der Waals surface area contributed by atoms with Crippen LogP contribution in [0.15, 0.2) is 18.2 Å². The molecule has 20 heavy (non-hydrogen) atoms. The Kier molecular flexibility index (Phi) is 5.30. The molecule has 0 aromatic heterocycles. The summed E-state index contributed by atoms with van der Waals surface area (Å²) in [5.41, 5.74) is 6.73. The quantitative estimate of drug-likeness (QED) is 0.926. The van der Waals surface area contributed by atoms with Crippen molar-refractivity contribution in [2.45, 2.75) is 25.8 Å². The molecule has 1 aromatic rings. The molecule has 0 radical (unpaired) electrons. The highest BCUT2D eigenvalue weighted by Gasteiger charge is 2.33. The van der Waals surface area contributed by atoms with E-state index in [2.05, 4.69) is 0 Å². The van der Waals surface area contributed by atoms with Crippen LogP contribution in [-0.2, 0) is 11.3 Å². The van der Waals surface area contributed by atoms with Crippen LogP contribution in [0, 0.1) is 11.8 Å². The molecule has 2 N–H and O–H groups in total. The van der Waals surface area contributed by atoms with E-state index in [0.29, 0.717) is 29.1 Å². The molecule has 2 rings (SSSR count).